The number of hydrogen-bond acceptors (Lipinski definition) is 6. The van der Waals surface area contributed by atoms with Crippen LogP contribution in [-0.4, -0.2) is 38.6 Å². The van der Waals surface area contributed by atoms with Gasteiger partial charge >= 0.3 is 0 Å². The van der Waals surface area contributed by atoms with Gasteiger partial charge in [-0.25, -0.2) is 18.1 Å². The average molecular weight is 410 g/mol. The molecule has 1 fully saturated rings. The maximum absolute atomic E-state index is 12.4. The Hall–Kier alpha value is -1.81. The molecule has 27 heavy (non-hydrogen) atoms. The first-order valence-electron chi connectivity index (χ1n) is 8.88. The van der Waals surface area contributed by atoms with Gasteiger partial charge in [-0.05, 0) is 50.5 Å². The van der Waals surface area contributed by atoms with E-state index in [2.05, 4.69) is 15.0 Å². The van der Waals surface area contributed by atoms with Gasteiger partial charge in [0.05, 0.1) is 16.7 Å². The lowest BCUT2D eigenvalue weighted by molar-refractivity contribution is 0.102. The lowest BCUT2D eigenvalue weighted by Gasteiger charge is -2.11. The molecule has 2 aromatic rings. The molecular weight excluding hydrogens is 386 g/mol. The summed E-state index contributed by atoms with van der Waals surface area (Å²) in [7, 11) is -3.63. The van der Waals surface area contributed by atoms with Crippen molar-refractivity contribution >= 4 is 32.4 Å². The molecule has 1 atom stereocenters. The molecule has 2 heterocycles. The zero-order valence-corrected chi connectivity index (χ0v) is 17.0. The molecule has 0 saturated carbocycles. The Morgan fingerprint density at radius 3 is 2.67 bits per heavy atom. The topological polar surface area (TPSA) is 97.4 Å². The highest BCUT2D eigenvalue weighted by Crippen LogP contribution is 2.23. The molecule has 0 spiro atoms. The van der Waals surface area contributed by atoms with Crippen molar-refractivity contribution in [3.8, 4) is 0 Å². The van der Waals surface area contributed by atoms with Crippen LogP contribution in [-0.2, 0) is 21.2 Å². The first-order valence-corrected chi connectivity index (χ1v) is 11.2. The van der Waals surface area contributed by atoms with E-state index in [1.54, 1.807) is 0 Å². The molecule has 0 bridgehead atoms. The maximum atomic E-state index is 12.4. The van der Waals surface area contributed by atoms with Crippen molar-refractivity contribution in [1.29, 1.82) is 0 Å². The zero-order valence-electron chi connectivity index (χ0n) is 15.3. The largest absolute Gasteiger partial charge is 0.377 e. The molecule has 146 valence electrons. The Morgan fingerprint density at radius 1 is 1.33 bits per heavy atom. The highest BCUT2D eigenvalue weighted by Gasteiger charge is 2.20. The van der Waals surface area contributed by atoms with Crippen LogP contribution in [0.25, 0.3) is 0 Å². The van der Waals surface area contributed by atoms with Gasteiger partial charge in [-0.3, -0.25) is 10.1 Å². The molecule has 7 nitrogen and oxygen atoms in total. The van der Waals surface area contributed by atoms with Crippen molar-refractivity contribution in [3.63, 3.8) is 0 Å². The Labute approximate surface area is 163 Å². The summed E-state index contributed by atoms with van der Waals surface area (Å²) >= 11 is 1.43. The van der Waals surface area contributed by atoms with Gasteiger partial charge in [-0.1, -0.05) is 6.92 Å². The molecule has 1 unspecified atom stereocenters. The fourth-order valence-electron chi connectivity index (χ4n) is 2.86. The Kier molecular flexibility index (Phi) is 6.25. The highest BCUT2D eigenvalue weighted by atomic mass is 32.2. The van der Waals surface area contributed by atoms with Gasteiger partial charge in [-0.2, -0.15) is 0 Å². The second-order valence-electron chi connectivity index (χ2n) is 6.34. The predicted molar refractivity (Wildman–Crippen MR) is 105 cm³/mol. The van der Waals surface area contributed by atoms with E-state index < -0.39 is 10.0 Å². The number of benzene rings is 1. The lowest BCUT2D eigenvalue weighted by atomic mass is 10.2. The number of sulfonamides is 1. The number of rotatable bonds is 7. The number of carbonyl (C=O) groups excluding carboxylic acids is 1. The number of aryl methyl sites for hydroxylation is 2. The fraction of sp³-hybridized carbons (Fsp3) is 0.444. The Bertz CT molecular complexity index is 901. The van der Waals surface area contributed by atoms with Crippen molar-refractivity contribution in [3.05, 3.63) is 40.4 Å². The average Bonchev–Trinajstić information content (AvgIpc) is 3.29. The monoisotopic (exact) mass is 409 g/mol. The van der Waals surface area contributed by atoms with Crippen molar-refractivity contribution in [1.82, 2.24) is 9.71 Å². The third-order valence-electron chi connectivity index (χ3n) is 4.40. The number of ether oxygens (including phenoxy) is 1. The van der Waals surface area contributed by atoms with E-state index in [4.69, 9.17) is 4.74 Å². The maximum Gasteiger partial charge on any atom is 0.257 e. The number of hydrogen-bond donors (Lipinski definition) is 2. The van der Waals surface area contributed by atoms with Gasteiger partial charge in [-0.15, -0.1) is 11.3 Å². The minimum atomic E-state index is -3.63. The van der Waals surface area contributed by atoms with Crippen molar-refractivity contribution in [2.24, 2.45) is 0 Å². The van der Waals surface area contributed by atoms with Crippen LogP contribution in [0.4, 0.5) is 5.13 Å². The number of amides is 1. The van der Waals surface area contributed by atoms with Crippen LogP contribution in [0.2, 0.25) is 0 Å². The molecule has 1 saturated heterocycles. The normalized spacial score (nSPS) is 17.2. The molecule has 0 aliphatic carbocycles. The summed E-state index contributed by atoms with van der Waals surface area (Å²) in [6.07, 6.45) is 2.55. The zero-order chi connectivity index (χ0) is 19.4. The first-order chi connectivity index (χ1) is 12.9. The van der Waals surface area contributed by atoms with Gasteiger partial charge in [0.1, 0.15) is 0 Å². The molecule has 9 heteroatoms. The van der Waals surface area contributed by atoms with Crippen LogP contribution in [0.15, 0.2) is 29.2 Å². The standard InChI is InChI=1S/C18H23N3O4S2/c1-3-16-12(2)26-18(20-16)21-17(22)13-6-8-15(9-7-13)27(23,24)19-11-14-5-4-10-25-14/h6-9,14,19H,3-5,10-11H2,1-2H3,(H,20,21,22). The summed E-state index contributed by atoms with van der Waals surface area (Å²) in [4.78, 5) is 17.9. The van der Waals surface area contributed by atoms with Crippen molar-refractivity contribution in [2.45, 2.75) is 44.1 Å². The van der Waals surface area contributed by atoms with Gasteiger partial charge in [0, 0.05) is 23.6 Å². The SMILES string of the molecule is CCc1nc(NC(=O)c2ccc(S(=O)(=O)NCC3CCCO3)cc2)sc1C. The molecule has 1 aliphatic rings. The lowest BCUT2D eigenvalue weighted by Crippen LogP contribution is -2.31. The number of nitrogens with zero attached hydrogens (tertiary/aromatic N) is 1. The van der Waals surface area contributed by atoms with Crippen molar-refractivity contribution in [2.75, 3.05) is 18.5 Å². The predicted octanol–water partition coefficient (Wildman–Crippen LogP) is 2.72. The number of aromatic nitrogens is 1. The van der Waals surface area contributed by atoms with Crippen LogP contribution in [0, 0.1) is 6.92 Å². The fourth-order valence-corrected chi connectivity index (χ4v) is 4.82. The van der Waals surface area contributed by atoms with Crippen LogP contribution in [0.3, 0.4) is 0 Å². The number of thiazole rings is 1. The second kappa shape index (κ2) is 8.47. The van der Waals surface area contributed by atoms with E-state index in [-0.39, 0.29) is 23.5 Å². The van der Waals surface area contributed by atoms with Gasteiger partial charge in [0.25, 0.3) is 5.91 Å². The van der Waals surface area contributed by atoms with Crippen LogP contribution in [0.1, 0.15) is 40.7 Å². The number of anilines is 1. The summed E-state index contributed by atoms with van der Waals surface area (Å²) in [6.45, 7) is 4.91. The minimum absolute atomic E-state index is 0.0698. The third-order valence-corrected chi connectivity index (χ3v) is 6.77. The van der Waals surface area contributed by atoms with Gasteiger partial charge in [0.2, 0.25) is 10.0 Å². The smallest absolute Gasteiger partial charge is 0.257 e. The molecular formula is C18H23N3O4S2. The summed E-state index contributed by atoms with van der Waals surface area (Å²) in [5, 5.41) is 3.31. The number of nitrogens with one attached hydrogen (secondary N) is 2. The quantitative estimate of drug-likeness (QED) is 0.733. The first kappa shape index (κ1) is 19.9. The summed E-state index contributed by atoms with van der Waals surface area (Å²) in [6, 6.07) is 5.85. The summed E-state index contributed by atoms with van der Waals surface area (Å²) in [5.41, 5.74) is 1.34. The minimum Gasteiger partial charge on any atom is -0.377 e. The van der Waals surface area contributed by atoms with E-state index in [1.807, 2.05) is 13.8 Å². The van der Waals surface area contributed by atoms with Crippen molar-refractivity contribution < 1.29 is 17.9 Å². The molecule has 1 amide bonds. The summed E-state index contributed by atoms with van der Waals surface area (Å²) in [5.74, 6) is -0.317. The van der Waals surface area contributed by atoms with E-state index in [1.165, 1.54) is 35.6 Å². The van der Waals surface area contributed by atoms with E-state index in [9.17, 15) is 13.2 Å². The van der Waals surface area contributed by atoms with Crippen LogP contribution < -0.4 is 10.0 Å². The molecule has 0 radical (unpaired) electrons. The molecule has 1 aliphatic heterocycles. The van der Waals surface area contributed by atoms with E-state index in [0.717, 1.165) is 29.8 Å². The summed E-state index contributed by atoms with van der Waals surface area (Å²) < 4.78 is 32.7. The second-order valence-corrected chi connectivity index (χ2v) is 9.31. The van der Waals surface area contributed by atoms with E-state index in [0.29, 0.717) is 17.3 Å². The Balaban J connectivity index is 1.63. The molecule has 3 rings (SSSR count). The molecule has 2 N–H and O–H groups in total. The van der Waals surface area contributed by atoms with Crippen LogP contribution in [0.5, 0.6) is 0 Å². The molecule has 1 aromatic heterocycles. The third kappa shape index (κ3) is 4.92. The van der Waals surface area contributed by atoms with Gasteiger partial charge < -0.3 is 4.74 Å². The van der Waals surface area contributed by atoms with E-state index >= 15 is 0 Å². The molecule has 1 aromatic carbocycles. The van der Waals surface area contributed by atoms with Crippen LogP contribution >= 0.6 is 11.3 Å². The number of carbonyl (C=O) groups is 1. The highest BCUT2D eigenvalue weighted by molar-refractivity contribution is 7.89. The van der Waals surface area contributed by atoms with Gasteiger partial charge in [0.15, 0.2) is 5.13 Å². The Morgan fingerprint density at radius 2 is 2.07 bits per heavy atom.